The highest BCUT2D eigenvalue weighted by Crippen LogP contribution is 2.30. The SMILES string of the molecule is CN(c1ccccc1)S(=O)(=O)c1cc(C(=O)OC(c2ccccc2)c2ccccn2)ccc1Cl. The van der Waals surface area contributed by atoms with Gasteiger partial charge in [0, 0.05) is 13.2 Å². The molecule has 6 nitrogen and oxygen atoms in total. The second kappa shape index (κ2) is 10.1. The van der Waals surface area contributed by atoms with Crippen LogP contribution in [0.2, 0.25) is 5.02 Å². The molecule has 0 bridgehead atoms. The van der Waals surface area contributed by atoms with Crippen molar-refractivity contribution >= 4 is 33.3 Å². The van der Waals surface area contributed by atoms with Crippen LogP contribution in [0.4, 0.5) is 5.69 Å². The van der Waals surface area contributed by atoms with Crippen molar-refractivity contribution in [3.8, 4) is 0 Å². The topological polar surface area (TPSA) is 76.6 Å². The quantitative estimate of drug-likeness (QED) is 0.318. The molecule has 0 aliphatic rings. The third-order valence-corrected chi connectivity index (χ3v) is 7.48. The van der Waals surface area contributed by atoms with Crippen molar-refractivity contribution in [3.63, 3.8) is 0 Å². The average Bonchev–Trinajstić information content (AvgIpc) is 2.88. The van der Waals surface area contributed by atoms with Crippen molar-refractivity contribution in [2.45, 2.75) is 11.0 Å². The van der Waals surface area contributed by atoms with Crippen LogP contribution in [0.1, 0.15) is 27.7 Å². The molecule has 1 atom stereocenters. The van der Waals surface area contributed by atoms with Crippen LogP contribution in [-0.2, 0) is 14.8 Å². The number of hydrogen-bond acceptors (Lipinski definition) is 5. The predicted octanol–water partition coefficient (Wildman–Crippen LogP) is 5.51. The number of benzene rings is 3. The molecule has 1 heterocycles. The number of sulfonamides is 1. The fraction of sp³-hybridized carbons (Fsp3) is 0.0769. The van der Waals surface area contributed by atoms with Gasteiger partial charge in [0.25, 0.3) is 10.0 Å². The van der Waals surface area contributed by atoms with Gasteiger partial charge < -0.3 is 4.74 Å². The number of carbonyl (C=O) groups excluding carboxylic acids is 1. The van der Waals surface area contributed by atoms with Gasteiger partial charge >= 0.3 is 5.97 Å². The summed E-state index contributed by atoms with van der Waals surface area (Å²) in [6, 6.07) is 27.2. The summed E-state index contributed by atoms with van der Waals surface area (Å²) in [5, 5.41) is 0.00339. The maximum absolute atomic E-state index is 13.3. The minimum absolute atomic E-state index is 0.00339. The van der Waals surface area contributed by atoms with Crippen LogP contribution in [0.3, 0.4) is 0 Å². The van der Waals surface area contributed by atoms with E-state index in [1.807, 2.05) is 30.3 Å². The molecule has 34 heavy (non-hydrogen) atoms. The molecule has 0 radical (unpaired) electrons. The van der Waals surface area contributed by atoms with Gasteiger partial charge in [-0.3, -0.25) is 9.29 Å². The zero-order valence-electron chi connectivity index (χ0n) is 18.2. The van der Waals surface area contributed by atoms with Gasteiger partial charge in [-0.15, -0.1) is 0 Å². The number of para-hydroxylation sites is 1. The number of pyridine rings is 1. The Bertz CT molecular complexity index is 1340. The van der Waals surface area contributed by atoms with Gasteiger partial charge in [0.2, 0.25) is 0 Å². The molecule has 0 aliphatic heterocycles. The first-order chi connectivity index (χ1) is 16.4. The first-order valence-corrected chi connectivity index (χ1v) is 12.2. The number of halogens is 1. The summed E-state index contributed by atoms with van der Waals surface area (Å²) in [5.41, 5.74) is 1.81. The van der Waals surface area contributed by atoms with E-state index in [-0.39, 0.29) is 15.5 Å². The lowest BCUT2D eigenvalue weighted by Crippen LogP contribution is -2.27. The molecule has 0 amide bonds. The largest absolute Gasteiger partial charge is 0.447 e. The summed E-state index contributed by atoms with van der Waals surface area (Å²) in [4.78, 5) is 17.3. The van der Waals surface area contributed by atoms with Crippen molar-refractivity contribution in [2.24, 2.45) is 0 Å². The number of ether oxygens (including phenoxy) is 1. The molecule has 0 fully saturated rings. The first kappa shape index (κ1) is 23.5. The van der Waals surface area contributed by atoms with Gasteiger partial charge in [0.1, 0.15) is 4.90 Å². The monoisotopic (exact) mass is 492 g/mol. The van der Waals surface area contributed by atoms with Crippen LogP contribution < -0.4 is 4.31 Å². The Morgan fingerprint density at radius 1 is 0.912 bits per heavy atom. The van der Waals surface area contributed by atoms with Crippen molar-refractivity contribution in [2.75, 3.05) is 11.4 Å². The third-order valence-electron chi connectivity index (χ3n) is 5.21. The van der Waals surface area contributed by atoms with E-state index in [0.717, 1.165) is 9.87 Å². The Hall–Kier alpha value is -3.68. The Kier molecular flexibility index (Phi) is 6.95. The van der Waals surface area contributed by atoms with Crippen molar-refractivity contribution in [3.05, 3.63) is 125 Å². The van der Waals surface area contributed by atoms with Crippen molar-refractivity contribution < 1.29 is 17.9 Å². The minimum Gasteiger partial charge on any atom is -0.447 e. The second-order valence-corrected chi connectivity index (χ2v) is 9.75. The van der Waals surface area contributed by atoms with Crippen molar-refractivity contribution in [1.82, 2.24) is 4.98 Å². The van der Waals surface area contributed by atoms with Gasteiger partial charge in [-0.25, -0.2) is 13.2 Å². The van der Waals surface area contributed by atoms with E-state index >= 15 is 0 Å². The molecule has 1 aromatic heterocycles. The van der Waals surface area contributed by atoms with E-state index in [2.05, 4.69) is 4.98 Å². The molecule has 8 heteroatoms. The van der Waals surface area contributed by atoms with E-state index in [1.54, 1.807) is 54.7 Å². The number of carbonyl (C=O) groups is 1. The normalized spacial score (nSPS) is 12.1. The fourth-order valence-electron chi connectivity index (χ4n) is 3.39. The molecular weight excluding hydrogens is 472 g/mol. The van der Waals surface area contributed by atoms with E-state index < -0.39 is 22.1 Å². The second-order valence-electron chi connectivity index (χ2n) is 7.40. The molecule has 3 aromatic carbocycles. The van der Waals surface area contributed by atoms with Crippen LogP contribution in [0.15, 0.2) is 108 Å². The Morgan fingerprint density at radius 3 is 2.21 bits per heavy atom. The summed E-state index contributed by atoms with van der Waals surface area (Å²) < 4.78 is 33.5. The molecule has 0 saturated heterocycles. The van der Waals surface area contributed by atoms with Gasteiger partial charge in [0.15, 0.2) is 6.10 Å². The lowest BCUT2D eigenvalue weighted by molar-refractivity contribution is 0.0370. The van der Waals surface area contributed by atoms with Gasteiger partial charge in [-0.1, -0.05) is 66.2 Å². The minimum atomic E-state index is -4.03. The van der Waals surface area contributed by atoms with E-state index in [4.69, 9.17) is 16.3 Å². The number of esters is 1. The van der Waals surface area contributed by atoms with E-state index in [9.17, 15) is 13.2 Å². The van der Waals surface area contributed by atoms with Crippen LogP contribution >= 0.6 is 11.6 Å². The smallest absolute Gasteiger partial charge is 0.339 e. The Morgan fingerprint density at radius 2 is 1.56 bits per heavy atom. The van der Waals surface area contributed by atoms with E-state index in [0.29, 0.717) is 11.4 Å². The first-order valence-electron chi connectivity index (χ1n) is 10.4. The van der Waals surface area contributed by atoms with Gasteiger partial charge in [-0.2, -0.15) is 0 Å². The summed E-state index contributed by atoms with van der Waals surface area (Å²) >= 11 is 6.25. The summed E-state index contributed by atoms with van der Waals surface area (Å²) in [5.74, 6) is -0.699. The Balaban J connectivity index is 1.67. The highest BCUT2D eigenvalue weighted by atomic mass is 35.5. The number of hydrogen-bond donors (Lipinski definition) is 0. The highest BCUT2D eigenvalue weighted by molar-refractivity contribution is 7.93. The molecule has 4 rings (SSSR count). The molecule has 172 valence electrons. The van der Waals surface area contributed by atoms with Gasteiger partial charge in [0.05, 0.1) is 22.0 Å². The molecule has 0 N–H and O–H groups in total. The van der Waals surface area contributed by atoms with Gasteiger partial charge in [-0.05, 0) is 48.0 Å². The number of aromatic nitrogens is 1. The molecular formula is C26H21ClN2O4S. The average molecular weight is 493 g/mol. The van der Waals surface area contributed by atoms with Crippen LogP contribution in [0.5, 0.6) is 0 Å². The zero-order chi connectivity index (χ0) is 24.1. The highest BCUT2D eigenvalue weighted by Gasteiger charge is 2.27. The Labute approximate surface area is 203 Å². The number of rotatable bonds is 7. The third kappa shape index (κ3) is 4.95. The van der Waals surface area contributed by atoms with Crippen LogP contribution in [0.25, 0.3) is 0 Å². The fourth-order valence-corrected chi connectivity index (χ4v) is 5.08. The molecule has 0 aliphatic carbocycles. The van der Waals surface area contributed by atoms with E-state index in [1.165, 1.54) is 25.2 Å². The van der Waals surface area contributed by atoms with Crippen LogP contribution in [-0.4, -0.2) is 26.4 Å². The number of anilines is 1. The maximum Gasteiger partial charge on any atom is 0.339 e. The zero-order valence-corrected chi connectivity index (χ0v) is 19.8. The summed E-state index contributed by atoms with van der Waals surface area (Å²) in [6.07, 6.45) is 0.850. The maximum atomic E-state index is 13.3. The van der Waals surface area contributed by atoms with Crippen LogP contribution in [0, 0.1) is 0 Å². The standard InChI is InChI=1S/C26H21ClN2O4S/c1-29(21-12-6-3-7-13-21)34(31,32)24-18-20(15-16-22(24)27)26(30)33-25(19-10-4-2-5-11-19)23-14-8-9-17-28-23/h2-18,25H,1H3. The molecule has 0 saturated carbocycles. The molecule has 0 spiro atoms. The summed E-state index contributed by atoms with van der Waals surface area (Å²) in [6.45, 7) is 0. The summed E-state index contributed by atoms with van der Waals surface area (Å²) in [7, 11) is -2.60. The lowest BCUT2D eigenvalue weighted by Gasteiger charge is -2.21. The predicted molar refractivity (Wildman–Crippen MR) is 131 cm³/mol. The van der Waals surface area contributed by atoms with Crippen molar-refractivity contribution in [1.29, 1.82) is 0 Å². The molecule has 1 unspecified atom stereocenters. The molecule has 4 aromatic rings. The lowest BCUT2D eigenvalue weighted by atomic mass is 10.1. The number of nitrogens with zero attached hydrogens (tertiary/aromatic N) is 2.